The minimum Gasteiger partial charge on any atom is -0.282 e. The van der Waals surface area contributed by atoms with E-state index in [1.807, 2.05) is 6.07 Å². The average molecular weight is 279 g/mol. The second kappa shape index (κ2) is 5.58. The summed E-state index contributed by atoms with van der Waals surface area (Å²) in [4.78, 5) is 6.49. The lowest BCUT2D eigenvalue weighted by atomic mass is 10.2. The zero-order chi connectivity index (χ0) is 12.9. The van der Waals surface area contributed by atoms with E-state index in [9.17, 15) is 16.8 Å². The van der Waals surface area contributed by atoms with E-state index < -0.39 is 24.9 Å². The lowest BCUT2D eigenvalue weighted by Gasteiger charge is -2.06. The molecule has 1 aromatic carbocycles. The number of sulfonamides is 1. The van der Waals surface area contributed by atoms with Crippen LogP contribution in [-0.2, 0) is 31.3 Å². The molecule has 0 aromatic heterocycles. The molecule has 0 heterocycles. The lowest BCUT2D eigenvalue weighted by molar-refractivity contribution is 0.0799. The fraction of sp³-hybridized carbons (Fsp3) is 0.333. The van der Waals surface area contributed by atoms with E-state index in [1.54, 1.807) is 29.2 Å². The zero-order valence-electron chi connectivity index (χ0n) is 9.16. The first-order chi connectivity index (χ1) is 7.79. The van der Waals surface area contributed by atoms with Gasteiger partial charge >= 0.3 is 0 Å². The van der Waals surface area contributed by atoms with Crippen LogP contribution in [0.3, 0.4) is 0 Å². The summed E-state index contributed by atoms with van der Waals surface area (Å²) >= 11 is 0. The minimum absolute atomic E-state index is 0.0316. The quantitative estimate of drug-likeness (QED) is 0.743. The SMILES string of the molecule is CS(=O)(=O)CS(=O)(=O)NOCc1ccccc1. The van der Waals surface area contributed by atoms with E-state index in [4.69, 9.17) is 4.84 Å². The highest BCUT2D eigenvalue weighted by Gasteiger charge is 2.17. The van der Waals surface area contributed by atoms with Crippen LogP contribution in [0.25, 0.3) is 0 Å². The van der Waals surface area contributed by atoms with Crippen LogP contribution in [0.5, 0.6) is 0 Å². The molecule has 1 aromatic rings. The van der Waals surface area contributed by atoms with Crippen molar-refractivity contribution in [1.29, 1.82) is 0 Å². The van der Waals surface area contributed by atoms with Crippen LogP contribution in [0.2, 0.25) is 0 Å². The molecule has 8 heteroatoms. The van der Waals surface area contributed by atoms with Crippen molar-refractivity contribution in [3.8, 4) is 0 Å². The molecule has 96 valence electrons. The van der Waals surface area contributed by atoms with Gasteiger partial charge in [-0.2, -0.15) is 0 Å². The van der Waals surface area contributed by atoms with Gasteiger partial charge < -0.3 is 0 Å². The molecular weight excluding hydrogens is 266 g/mol. The first-order valence-corrected chi connectivity index (χ1v) is 8.33. The van der Waals surface area contributed by atoms with Crippen molar-refractivity contribution < 1.29 is 21.7 Å². The Kier molecular flexibility index (Phi) is 4.63. The van der Waals surface area contributed by atoms with Crippen LogP contribution in [-0.4, -0.2) is 28.2 Å². The molecule has 0 aliphatic rings. The zero-order valence-corrected chi connectivity index (χ0v) is 10.8. The van der Waals surface area contributed by atoms with Crippen LogP contribution < -0.4 is 4.89 Å². The van der Waals surface area contributed by atoms with Crippen molar-refractivity contribution in [3.63, 3.8) is 0 Å². The summed E-state index contributed by atoms with van der Waals surface area (Å²) in [5.41, 5.74) is 0.773. The Morgan fingerprint density at radius 1 is 1.12 bits per heavy atom. The molecule has 0 fully saturated rings. The minimum atomic E-state index is -3.97. The predicted molar refractivity (Wildman–Crippen MR) is 63.0 cm³/mol. The molecule has 0 unspecified atom stereocenters. The average Bonchev–Trinajstić information content (AvgIpc) is 2.15. The van der Waals surface area contributed by atoms with Gasteiger partial charge in [-0.05, 0) is 5.56 Å². The van der Waals surface area contributed by atoms with E-state index in [1.165, 1.54) is 0 Å². The highest BCUT2D eigenvalue weighted by atomic mass is 32.3. The molecular formula is C9H13NO5S2. The number of nitrogens with one attached hydrogen (secondary N) is 1. The molecule has 1 N–H and O–H groups in total. The van der Waals surface area contributed by atoms with Gasteiger partial charge in [0.25, 0.3) is 0 Å². The summed E-state index contributed by atoms with van der Waals surface area (Å²) in [6, 6.07) is 8.89. The molecule has 1 rings (SSSR count). The summed E-state index contributed by atoms with van der Waals surface area (Å²) in [6.07, 6.45) is 0.837. The van der Waals surface area contributed by atoms with Gasteiger partial charge in [-0.25, -0.2) is 16.8 Å². The number of sulfone groups is 1. The number of rotatable bonds is 6. The summed E-state index contributed by atoms with van der Waals surface area (Å²) in [5, 5.41) is -0.991. The molecule has 0 aliphatic heterocycles. The maximum atomic E-state index is 11.2. The van der Waals surface area contributed by atoms with Crippen LogP contribution >= 0.6 is 0 Å². The number of benzene rings is 1. The van der Waals surface area contributed by atoms with E-state index in [0.29, 0.717) is 0 Å². The van der Waals surface area contributed by atoms with Gasteiger partial charge in [0.2, 0.25) is 10.0 Å². The topological polar surface area (TPSA) is 89.5 Å². The molecule has 0 aliphatic carbocycles. The largest absolute Gasteiger partial charge is 0.282 e. The molecule has 0 radical (unpaired) electrons. The fourth-order valence-electron chi connectivity index (χ4n) is 1.08. The molecule has 0 spiro atoms. The second-order valence-corrected chi connectivity index (χ2v) is 7.71. The summed E-state index contributed by atoms with van der Waals surface area (Å²) < 4.78 is 44.1. The van der Waals surface area contributed by atoms with Crippen LogP contribution in [0.4, 0.5) is 0 Å². The van der Waals surface area contributed by atoms with Crippen molar-refractivity contribution in [3.05, 3.63) is 35.9 Å². The fourth-order valence-corrected chi connectivity index (χ4v) is 3.77. The monoisotopic (exact) mass is 279 g/mol. The van der Waals surface area contributed by atoms with Crippen molar-refractivity contribution in [2.75, 3.05) is 11.3 Å². The summed E-state index contributed by atoms with van der Waals surface area (Å²) in [5.74, 6) is 0. The third kappa shape index (κ3) is 6.37. The van der Waals surface area contributed by atoms with Crippen LogP contribution in [0.1, 0.15) is 5.56 Å². The Morgan fingerprint density at radius 3 is 2.24 bits per heavy atom. The van der Waals surface area contributed by atoms with Crippen molar-refractivity contribution >= 4 is 19.9 Å². The first kappa shape index (κ1) is 14.1. The summed E-state index contributed by atoms with van der Waals surface area (Å²) in [6.45, 7) is 0.0316. The normalized spacial score (nSPS) is 12.5. The van der Waals surface area contributed by atoms with Gasteiger partial charge in [0.1, 0.15) is 0 Å². The lowest BCUT2D eigenvalue weighted by Crippen LogP contribution is -2.29. The Morgan fingerprint density at radius 2 is 1.71 bits per heavy atom. The van der Waals surface area contributed by atoms with E-state index in [0.717, 1.165) is 11.8 Å². The van der Waals surface area contributed by atoms with E-state index >= 15 is 0 Å². The van der Waals surface area contributed by atoms with E-state index in [2.05, 4.69) is 0 Å². The van der Waals surface area contributed by atoms with Gasteiger partial charge in [0.15, 0.2) is 14.9 Å². The Balaban J connectivity index is 2.47. The molecule has 0 amide bonds. The van der Waals surface area contributed by atoms with Crippen molar-refractivity contribution in [2.24, 2.45) is 0 Å². The Bertz CT molecular complexity index is 550. The highest BCUT2D eigenvalue weighted by molar-refractivity contribution is 8.06. The van der Waals surface area contributed by atoms with Gasteiger partial charge in [0, 0.05) is 6.26 Å². The molecule has 0 saturated heterocycles. The van der Waals surface area contributed by atoms with Crippen molar-refractivity contribution in [2.45, 2.75) is 6.61 Å². The third-order valence-electron chi connectivity index (χ3n) is 1.64. The molecule has 0 bridgehead atoms. The highest BCUT2D eigenvalue weighted by Crippen LogP contribution is 2.00. The van der Waals surface area contributed by atoms with Crippen molar-refractivity contribution in [1.82, 2.24) is 4.89 Å². The first-order valence-electron chi connectivity index (χ1n) is 4.61. The van der Waals surface area contributed by atoms with E-state index in [-0.39, 0.29) is 6.61 Å². The molecule has 17 heavy (non-hydrogen) atoms. The Labute approximate surface area is 101 Å². The molecule has 0 saturated carbocycles. The maximum Gasteiger partial charge on any atom is 0.247 e. The molecule has 0 atom stereocenters. The number of hydrogen-bond acceptors (Lipinski definition) is 5. The van der Waals surface area contributed by atoms with Crippen LogP contribution in [0, 0.1) is 0 Å². The number of hydrogen-bond donors (Lipinski definition) is 1. The third-order valence-corrected chi connectivity index (χ3v) is 4.96. The predicted octanol–water partition coefficient (Wildman–Crippen LogP) is 0.0397. The molecule has 6 nitrogen and oxygen atoms in total. The van der Waals surface area contributed by atoms with Gasteiger partial charge in [0.05, 0.1) is 6.61 Å². The summed E-state index contributed by atoms with van der Waals surface area (Å²) in [7, 11) is -7.58. The van der Waals surface area contributed by atoms with Crippen LogP contribution in [0.15, 0.2) is 30.3 Å². The van der Waals surface area contributed by atoms with Gasteiger partial charge in [-0.3, -0.25) is 4.84 Å². The van der Waals surface area contributed by atoms with Gasteiger partial charge in [-0.15, -0.1) is 0 Å². The van der Waals surface area contributed by atoms with Gasteiger partial charge in [-0.1, -0.05) is 35.2 Å². The standard InChI is InChI=1S/C9H13NO5S2/c1-16(11,12)8-17(13,14)10-15-7-9-5-3-2-4-6-9/h2-6,10H,7-8H2,1H3. The second-order valence-electron chi connectivity index (χ2n) is 3.52. The Hall–Kier alpha value is -0.960. The maximum absolute atomic E-state index is 11.2. The smallest absolute Gasteiger partial charge is 0.247 e.